The number of nitrogens with zero attached hydrogens (tertiary/aromatic N) is 2. The van der Waals surface area contributed by atoms with E-state index in [1.807, 2.05) is 0 Å². The van der Waals surface area contributed by atoms with Crippen LogP contribution in [0.25, 0.3) is 11.3 Å². The van der Waals surface area contributed by atoms with E-state index in [0.29, 0.717) is 28.5 Å². The predicted octanol–water partition coefficient (Wildman–Crippen LogP) is 3.59. The van der Waals surface area contributed by atoms with Crippen molar-refractivity contribution in [3.05, 3.63) is 64.4 Å². The molecule has 0 bridgehead atoms. The minimum Gasteiger partial charge on any atom is -0.493 e. The van der Waals surface area contributed by atoms with Crippen LogP contribution in [0.4, 0.5) is 18.9 Å². The maximum Gasteiger partial charge on any atom is 0.416 e. The molecule has 3 rings (SSSR count). The van der Waals surface area contributed by atoms with Crippen LogP contribution in [0.15, 0.2) is 53.3 Å². The second-order valence-corrected chi connectivity index (χ2v) is 6.75. The topological polar surface area (TPSA) is 91.7 Å². The molecule has 1 amide bonds. The van der Waals surface area contributed by atoms with Gasteiger partial charge in [0.25, 0.3) is 5.56 Å². The zero-order valence-electron chi connectivity index (χ0n) is 17.9. The number of ether oxygens (including phenoxy) is 3. The molecule has 0 atom stereocenters. The number of hydrogen-bond donors (Lipinski definition) is 1. The molecule has 0 saturated carbocycles. The lowest BCUT2D eigenvalue weighted by Gasteiger charge is -2.14. The second kappa shape index (κ2) is 9.63. The van der Waals surface area contributed by atoms with E-state index >= 15 is 0 Å². The van der Waals surface area contributed by atoms with E-state index in [1.165, 1.54) is 33.5 Å². The molecule has 0 unspecified atom stereocenters. The number of rotatable bonds is 7. The highest BCUT2D eigenvalue weighted by atomic mass is 19.4. The van der Waals surface area contributed by atoms with E-state index in [4.69, 9.17) is 14.2 Å². The summed E-state index contributed by atoms with van der Waals surface area (Å²) in [4.78, 5) is 24.6. The van der Waals surface area contributed by atoms with E-state index in [-0.39, 0.29) is 5.69 Å². The van der Waals surface area contributed by atoms with Gasteiger partial charge >= 0.3 is 6.18 Å². The standard InChI is InChI=1S/C22H20F3N3O5/c1-31-17-10-13(11-18(32-2)21(17)33-3)16-8-9-20(30)28(27-16)12-19(29)26-15-6-4-14(5-7-15)22(23,24)25/h4-11H,12H2,1-3H3,(H,26,29). The zero-order chi connectivity index (χ0) is 24.2. The first-order valence-electron chi connectivity index (χ1n) is 9.52. The molecular formula is C22H20F3N3O5. The molecule has 1 heterocycles. The zero-order valence-corrected chi connectivity index (χ0v) is 17.9. The molecule has 0 spiro atoms. The fourth-order valence-corrected chi connectivity index (χ4v) is 3.02. The number of carbonyl (C=O) groups excluding carboxylic acids is 1. The van der Waals surface area contributed by atoms with Gasteiger partial charge in [-0.25, -0.2) is 4.68 Å². The largest absolute Gasteiger partial charge is 0.493 e. The Morgan fingerprint density at radius 1 is 0.970 bits per heavy atom. The van der Waals surface area contributed by atoms with Crippen molar-refractivity contribution in [2.24, 2.45) is 0 Å². The third-order valence-electron chi connectivity index (χ3n) is 4.62. The Hall–Kier alpha value is -4.02. The Kier molecular flexibility index (Phi) is 6.90. The smallest absolute Gasteiger partial charge is 0.416 e. The lowest BCUT2D eigenvalue weighted by molar-refractivity contribution is -0.137. The third kappa shape index (κ3) is 5.43. The third-order valence-corrected chi connectivity index (χ3v) is 4.62. The lowest BCUT2D eigenvalue weighted by Crippen LogP contribution is -2.29. The monoisotopic (exact) mass is 463 g/mol. The highest BCUT2D eigenvalue weighted by Gasteiger charge is 2.30. The highest BCUT2D eigenvalue weighted by molar-refractivity contribution is 5.90. The maximum absolute atomic E-state index is 12.7. The van der Waals surface area contributed by atoms with Crippen LogP contribution in [0.2, 0.25) is 0 Å². The molecular weight excluding hydrogens is 443 g/mol. The normalized spacial score (nSPS) is 11.1. The predicted molar refractivity (Wildman–Crippen MR) is 114 cm³/mol. The summed E-state index contributed by atoms with van der Waals surface area (Å²) in [7, 11) is 4.38. The van der Waals surface area contributed by atoms with Gasteiger partial charge in [-0.3, -0.25) is 9.59 Å². The van der Waals surface area contributed by atoms with Crippen LogP contribution in [0.5, 0.6) is 17.2 Å². The molecule has 0 aliphatic carbocycles. The van der Waals surface area contributed by atoms with E-state index in [2.05, 4.69) is 10.4 Å². The van der Waals surface area contributed by atoms with Gasteiger partial charge < -0.3 is 19.5 Å². The summed E-state index contributed by atoms with van der Waals surface area (Å²) in [6, 6.07) is 9.97. The number of methoxy groups -OCH3 is 3. The molecule has 8 nitrogen and oxygen atoms in total. The number of alkyl halides is 3. The summed E-state index contributed by atoms with van der Waals surface area (Å²) in [5.41, 5.74) is -0.315. The molecule has 1 aromatic heterocycles. The Morgan fingerprint density at radius 2 is 1.58 bits per heavy atom. The quantitative estimate of drug-likeness (QED) is 0.576. The Balaban J connectivity index is 1.84. The minimum absolute atomic E-state index is 0.154. The molecule has 0 aliphatic heterocycles. The minimum atomic E-state index is -4.48. The molecule has 33 heavy (non-hydrogen) atoms. The van der Waals surface area contributed by atoms with E-state index in [1.54, 1.807) is 12.1 Å². The van der Waals surface area contributed by atoms with Gasteiger partial charge in [-0.2, -0.15) is 18.3 Å². The van der Waals surface area contributed by atoms with E-state index in [0.717, 1.165) is 28.9 Å². The molecule has 11 heteroatoms. The molecule has 0 saturated heterocycles. The number of benzene rings is 2. The number of halogens is 3. The summed E-state index contributed by atoms with van der Waals surface area (Å²) >= 11 is 0. The van der Waals surface area contributed by atoms with E-state index in [9.17, 15) is 22.8 Å². The number of nitrogens with one attached hydrogen (secondary N) is 1. The molecule has 3 aromatic rings. The first kappa shape index (κ1) is 23.6. The van der Waals surface area contributed by atoms with Crippen molar-refractivity contribution in [1.82, 2.24) is 9.78 Å². The Morgan fingerprint density at radius 3 is 2.09 bits per heavy atom. The molecule has 0 aliphatic rings. The van der Waals surface area contributed by atoms with Gasteiger partial charge in [0.2, 0.25) is 11.7 Å². The van der Waals surface area contributed by atoms with Gasteiger partial charge in [0.1, 0.15) is 6.54 Å². The van der Waals surface area contributed by atoms with Crippen LogP contribution >= 0.6 is 0 Å². The number of anilines is 1. The Bertz CT molecular complexity index is 1180. The SMILES string of the molecule is COc1cc(-c2ccc(=O)n(CC(=O)Nc3ccc(C(F)(F)F)cc3)n2)cc(OC)c1OC. The number of amides is 1. The summed E-state index contributed by atoms with van der Waals surface area (Å²) in [6.07, 6.45) is -4.48. The summed E-state index contributed by atoms with van der Waals surface area (Å²) < 4.78 is 54.9. The fraction of sp³-hybridized carbons (Fsp3) is 0.227. The van der Waals surface area contributed by atoms with Gasteiger partial charge in [-0.15, -0.1) is 0 Å². The molecule has 2 aromatic carbocycles. The van der Waals surface area contributed by atoms with Gasteiger partial charge in [0, 0.05) is 17.3 Å². The van der Waals surface area contributed by atoms with Crippen molar-refractivity contribution in [3.63, 3.8) is 0 Å². The number of carbonyl (C=O) groups is 1. The fourth-order valence-electron chi connectivity index (χ4n) is 3.02. The Labute approximate surface area is 186 Å². The average Bonchev–Trinajstić information content (AvgIpc) is 2.79. The van der Waals surface area contributed by atoms with Crippen LogP contribution in [-0.2, 0) is 17.5 Å². The van der Waals surface area contributed by atoms with E-state index < -0.39 is 29.8 Å². The second-order valence-electron chi connectivity index (χ2n) is 6.75. The van der Waals surface area contributed by atoms with Crippen LogP contribution in [0, 0.1) is 0 Å². The van der Waals surface area contributed by atoms with Crippen molar-refractivity contribution in [1.29, 1.82) is 0 Å². The van der Waals surface area contributed by atoms with Crippen LogP contribution in [0.3, 0.4) is 0 Å². The van der Waals surface area contributed by atoms with Gasteiger partial charge in [0.15, 0.2) is 11.5 Å². The summed E-state index contributed by atoms with van der Waals surface area (Å²) in [6.45, 7) is -0.446. The first-order chi connectivity index (χ1) is 15.7. The van der Waals surface area contributed by atoms with Crippen molar-refractivity contribution >= 4 is 11.6 Å². The maximum atomic E-state index is 12.7. The first-order valence-corrected chi connectivity index (χ1v) is 9.52. The van der Waals surface area contributed by atoms with Gasteiger partial charge in [0.05, 0.1) is 32.6 Å². The van der Waals surface area contributed by atoms with Crippen molar-refractivity contribution in [3.8, 4) is 28.5 Å². The average molecular weight is 463 g/mol. The van der Waals surface area contributed by atoms with Crippen LogP contribution in [-0.4, -0.2) is 37.0 Å². The van der Waals surface area contributed by atoms with Gasteiger partial charge in [-0.05, 0) is 42.5 Å². The van der Waals surface area contributed by atoms with Crippen molar-refractivity contribution < 1.29 is 32.2 Å². The summed E-state index contributed by atoms with van der Waals surface area (Å²) in [5.74, 6) is 0.511. The molecule has 174 valence electrons. The van der Waals surface area contributed by atoms with Crippen LogP contribution < -0.4 is 25.1 Å². The lowest BCUT2D eigenvalue weighted by atomic mass is 10.1. The summed E-state index contributed by atoms with van der Waals surface area (Å²) in [5, 5.41) is 6.66. The number of aromatic nitrogens is 2. The van der Waals surface area contributed by atoms with Gasteiger partial charge in [-0.1, -0.05) is 0 Å². The van der Waals surface area contributed by atoms with Crippen molar-refractivity contribution in [2.45, 2.75) is 12.7 Å². The van der Waals surface area contributed by atoms with Crippen molar-refractivity contribution in [2.75, 3.05) is 26.6 Å². The molecule has 0 fully saturated rings. The molecule has 1 N–H and O–H groups in total. The molecule has 0 radical (unpaired) electrons. The number of hydrogen-bond acceptors (Lipinski definition) is 6. The highest BCUT2D eigenvalue weighted by Crippen LogP contribution is 2.40. The van der Waals surface area contributed by atoms with Crippen LogP contribution in [0.1, 0.15) is 5.56 Å².